The first-order valence-electron chi connectivity index (χ1n) is 7.70. The van der Waals surface area contributed by atoms with E-state index in [2.05, 4.69) is 10.3 Å². The highest BCUT2D eigenvalue weighted by Gasteiger charge is 2.33. The molecule has 0 spiro atoms. The molecule has 1 heterocycles. The molecule has 0 aliphatic carbocycles. The van der Waals surface area contributed by atoms with Crippen molar-refractivity contribution < 1.29 is 31.5 Å². The summed E-state index contributed by atoms with van der Waals surface area (Å²) in [7, 11) is 0. The smallest absolute Gasteiger partial charge is 0.240 e. The molecular formula is C17H10F5N3O2S. The van der Waals surface area contributed by atoms with Gasteiger partial charge in [0.25, 0.3) is 0 Å². The number of para-hydroxylation sites is 1. The minimum Gasteiger partial charge on any atom is -0.321 e. The number of rotatable bonds is 4. The summed E-state index contributed by atoms with van der Waals surface area (Å²) >= 11 is 0.903. The van der Waals surface area contributed by atoms with E-state index in [4.69, 9.17) is 0 Å². The molecule has 1 saturated heterocycles. The second-order valence-electron chi connectivity index (χ2n) is 5.55. The number of hydrogen-bond acceptors (Lipinski definition) is 4. The highest BCUT2D eigenvalue weighted by Crippen LogP contribution is 2.29. The molecule has 146 valence electrons. The van der Waals surface area contributed by atoms with Crippen molar-refractivity contribution >= 4 is 40.1 Å². The summed E-state index contributed by atoms with van der Waals surface area (Å²) < 4.78 is 66.6. The number of nitrogens with zero attached hydrogens (tertiary/aromatic N) is 1. The molecule has 0 bridgehead atoms. The summed E-state index contributed by atoms with van der Waals surface area (Å²) in [6, 6.07) is 8.61. The predicted octanol–water partition coefficient (Wildman–Crippen LogP) is 3.63. The lowest BCUT2D eigenvalue weighted by molar-refractivity contribution is -0.122. The highest BCUT2D eigenvalue weighted by molar-refractivity contribution is 8.15. The number of thioether (sulfide) groups is 1. The first kappa shape index (κ1) is 19.8. The Morgan fingerprint density at radius 2 is 1.57 bits per heavy atom. The van der Waals surface area contributed by atoms with Gasteiger partial charge in [-0.2, -0.15) is 0 Å². The molecule has 28 heavy (non-hydrogen) atoms. The van der Waals surface area contributed by atoms with Gasteiger partial charge in [0.1, 0.15) is 10.9 Å². The molecule has 1 fully saturated rings. The van der Waals surface area contributed by atoms with Gasteiger partial charge in [-0.25, -0.2) is 26.9 Å². The predicted molar refractivity (Wildman–Crippen MR) is 92.5 cm³/mol. The average molecular weight is 415 g/mol. The number of benzene rings is 2. The van der Waals surface area contributed by atoms with Crippen LogP contribution < -0.4 is 10.6 Å². The molecule has 2 aromatic rings. The van der Waals surface area contributed by atoms with Crippen LogP contribution in [0.4, 0.5) is 33.3 Å². The molecule has 3 rings (SSSR count). The van der Waals surface area contributed by atoms with Crippen LogP contribution in [-0.4, -0.2) is 22.2 Å². The van der Waals surface area contributed by atoms with Gasteiger partial charge in [-0.1, -0.05) is 30.0 Å². The van der Waals surface area contributed by atoms with E-state index in [0.717, 1.165) is 11.8 Å². The Kier molecular flexibility index (Phi) is 5.63. The summed E-state index contributed by atoms with van der Waals surface area (Å²) in [6.45, 7) is 0. The Balaban J connectivity index is 1.71. The van der Waals surface area contributed by atoms with Crippen LogP contribution in [0, 0.1) is 29.1 Å². The summed E-state index contributed by atoms with van der Waals surface area (Å²) in [5.41, 5.74) is -0.917. The topological polar surface area (TPSA) is 70.6 Å². The maximum atomic E-state index is 13.6. The zero-order valence-electron chi connectivity index (χ0n) is 13.7. The average Bonchev–Trinajstić information content (AvgIpc) is 3.01. The Morgan fingerprint density at radius 3 is 2.18 bits per heavy atom. The van der Waals surface area contributed by atoms with Gasteiger partial charge in [-0.3, -0.25) is 9.59 Å². The lowest BCUT2D eigenvalue weighted by Gasteiger charge is -2.11. The van der Waals surface area contributed by atoms with Crippen LogP contribution in [0.5, 0.6) is 0 Å². The van der Waals surface area contributed by atoms with Gasteiger partial charge >= 0.3 is 0 Å². The fourth-order valence-electron chi connectivity index (χ4n) is 2.29. The SMILES string of the molecule is O=C(C[C@@H]1SC(=Nc2ccccc2)NC1=O)Nc1c(F)c(F)c(F)c(F)c1F. The van der Waals surface area contributed by atoms with Gasteiger partial charge in [-0.05, 0) is 12.1 Å². The minimum atomic E-state index is -2.33. The van der Waals surface area contributed by atoms with Crippen LogP contribution in [0.25, 0.3) is 0 Å². The molecule has 0 radical (unpaired) electrons. The third kappa shape index (κ3) is 3.98. The van der Waals surface area contributed by atoms with Crippen molar-refractivity contribution in [3.05, 3.63) is 59.4 Å². The van der Waals surface area contributed by atoms with Gasteiger partial charge in [0, 0.05) is 6.42 Å². The molecule has 5 nitrogen and oxygen atoms in total. The van der Waals surface area contributed by atoms with E-state index < -0.39 is 58.3 Å². The zero-order valence-corrected chi connectivity index (χ0v) is 14.5. The Hall–Kier alpha value is -2.95. The van der Waals surface area contributed by atoms with Crippen molar-refractivity contribution in [3.63, 3.8) is 0 Å². The number of halogens is 5. The van der Waals surface area contributed by atoms with E-state index in [9.17, 15) is 31.5 Å². The maximum Gasteiger partial charge on any atom is 0.240 e. The quantitative estimate of drug-likeness (QED) is 0.455. The lowest BCUT2D eigenvalue weighted by atomic mass is 10.2. The molecule has 2 aromatic carbocycles. The summed E-state index contributed by atoms with van der Waals surface area (Å²) in [4.78, 5) is 28.1. The Bertz CT molecular complexity index is 955. The van der Waals surface area contributed by atoms with Crippen molar-refractivity contribution in [3.8, 4) is 0 Å². The van der Waals surface area contributed by atoms with Crippen molar-refractivity contribution in [2.45, 2.75) is 11.7 Å². The number of anilines is 1. The van der Waals surface area contributed by atoms with Crippen molar-refractivity contribution in [1.82, 2.24) is 5.32 Å². The first-order chi connectivity index (χ1) is 13.3. The molecule has 2 N–H and O–H groups in total. The molecule has 1 aliphatic heterocycles. The van der Waals surface area contributed by atoms with E-state index in [0.29, 0.717) is 5.69 Å². The highest BCUT2D eigenvalue weighted by atomic mass is 32.2. The van der Waals surface area contributed by atoms with Crippen LogP contribution >= 0.6 is 11.8 Å². The van der Waals surface area contributed by atoms with E-state index in [-0.39, 0.29) is 5.17 Å². The van der Waals surface area contributed by atoms with Gasteiger partial charge in [0.05, 0.1) is 5.69 Å². The summed E-state index contributed by atoms with van der Waals surface area (Å²) in [6.07, 6.45) is -0.566. The molecular weight excluding hydrogens is 405 g/mol. The van der Waals surface area contributed by atoms with Crippen LogP contribution in [0.15, 0.2) is 35.3 Å². The minimum absolute atomic E-state index is 0.213. The number of aliphatic imine (C=N–C) groups is 1. The van der Waals surface area contributed by atoms with Crippen LogP contribution in [0.2, 0.25) is 0 Å². The molecule has 0 aromatic heterocycles. The van der Waals surface area contributed by atoms with Crippen LogP contribution in [0.1, 0.15) is 6.42 Å². The number of amidine groups is 1. The normalized spacial score (nSPS) is 17.7. The molecule has 11 heteroatoms. The maximum absolute atomic E-state index is 13.6. The van der Waals surface area contributed by atoms with E-state index in [1.54, 1.807) is 35.6 Å². The Morgan fingerprint density at radius 1 is 1.00 bits per heavy atom. The number of carbonyl (C=O) groups excluding carboxylic acids is 2. The molecule has 2 amide bonds. The van der Waals surface area contributed by atoms with E-state index in [1.807, 2.05) is 0 Å². The molecule has 1 atom stereocenters. The standard InChI is InChI=1S/C17H10F5N3O2S/c18-10-11(19)13(21)15(14(22)12(10)20)24-9(26)6-8-16(27)25-17(28-8)23-7-4-2-1-3-5-7/h1-5,8H,6H2,(H,24,26)(H,23,25,27)/t8-/m0/s1. The summed E-state index contributed by atoms with van der Waals surface area (Å²) in [5.74, 6) is -12.7. The van der Waals surface area contributed by atoms with E-state index in [1.165, 1.54) is 0 Å². The van der Waals surface area contributed by atoms with Crippen molar-refractivity contribution in [1.29, 1.82) is 0 Å². The van der Waals surface area contributed by atoms with Crippen LogP contribution in [-0.2, 0) is 9.59 Å². The third-order valence-corrected chi connectivity index (χ3v) is 4.69. The molecule has 1 aliphatic rings. The number of amides is 2. The molecule has 0 unspecified atom stereocenters. The van der Waals surface area contributed by atoms with Crippen molar-refractivity contribution in [2.24, 2.45) is 4.99 Å². The second-order valence-corrected chi connectivity index (χ2v) is 6.74. The lowest BCUT2D eigenvalue weighted by Crippen LogP contribution is -2.28. The third-order valence-electron chi connectivity index (χ3n) is 3.61. The zero-order chi connectivity index (χ0) is 20.4. The van der Waals surface area contributed by atoms with Crippen LogP contribution in [0.3, 0.4) is 0 Å². The van der Waals surface area contributed by atoms with Crippen molar-refractivity contribution in [2.75, 3.05) is 5.32 Å². The van der Waals surface area contributed by atoms with Gasteiger partial charge in [0.2, 0.25) is 17.6 Å². The fraction of sp³-hybridized carbons (Fsp3) is 0.118. The monoisotopic (exact) mass is 415 g/mol. The molecule has 0 saturated carbocycles. The second kappa shape index (κ2) is 7.97. The number of carbonyl (C=O) groups is 2. The van der Waals surface area contributed by atoms with Gasteiger partial charge in [0.15, 0.2) is 28.4 Å². The Labute approximate surface area is 159 Å². The summed E-state index contributed by atoms with van der Waals surface area (Å²) in [5, 5.41) is 3.31. The van der Waals surface area contributed by atoms with Gasteiger partial charge < -0.3 is 10.6 Å². The van der Waals surface area contributed by atoms with E-state index >= 15 is 0 Å². The fourth-order valence-corrected chi connectivity index (χ4v) is 3.27. The number of hydrogen-bond donors (Lipinski definition) is 2. The number of nitrogens with one attached hydrogen (secondary N) is 2. The first-order valence-corrected chi connectivity index (χ1v) is 8.58. The van der Waals surface area contributed by atoms with Gasteiger partial charge in [-0.15, -0.1) is 0 Å². The largest absolute Gasteiger partial charge is 0.321 e.